The van der Waals surface area contributed by atoms with Crippen LogP contribution in [0.5, 0.6) is 0 Å². The summed E-state index contributed by atoms with van der Waals surface area (Å²) in [7, 11) is 0. The topological polar surface area (TPSA) is 8.17 Å². The Morgan fingerprint density at radius 1 is 0.406 bits per heavy atom. The Morgan fingerprint density at radius 3 is 1.53 bits per heavy atom. The maximum atomic E-state index is 2.48. The zero-order valence-corrected chi connectivity index (χ0v) is 36.1. The van der Waals surface area contributed by atoms with E-state index in [9.17, 15) is 0 Å². The largest absolute Gasteiger partial charge is 0.308 e. The molecule has 4 aliphatic carbocycles. The second-order valence-corrected chi connectivity index (χ2v) is 19.1. The van der Waals surface area contributed by atoms with E-state index in [2.05, 4.69) is 222 Å². The smallest absolute Gasteiger partial charge is 0.0782 e. The summed E-state index contributed by atoms with van der Waals surface area (Å²) < 4.78 is 2.45. The second kappa shape index (κ2) is 15.0. The van der Waals surface area contributed by atoms with E-state index in [0.29, 0.717) is 5.41 Å². The van der Waals surface area contributed by atoms with Crippen molar-refractivity contribution < 1.29 is 0 Å². The predicted molar refractivity (Wildman–Crippen MR) is 269 cm³/mol. The first-order valence-electron chi connectivity index (χ1n) is 23.4. The van der Waals surface area contributed by atoms with Gasteiger partial charge in [-0.2, -0.15) is 0 Å². The highest BCUT2D eigenvalue weighted by Crippen LogP contribution is 2.61. The molecule has 0 amide bonds. The second-order valence-electron chi connectivity index (χ2n) is 19.1. The SMILES string of the molecule is c1ccc(-c2cccc3cccc(-c4ccc(N(c5ccc(-c6ccc(C78CC9CC(CC(C9)C7)C8)cc6)cc5)c5cccc6c7ccccc7n(-c7ccccc7)c56)cc4)c23)cc1. The zero-order valence-electron chi connectivity index (χ0n) is 36.1. The number of hydrogen-bond donors (Lipinski definition) is 0. The molecule has 2 nitrogen and oxygen atoms in total. The molecule has 10 aromatic rings. The molecule has 1 aromatic heterocycles. The van der Waals surface area contributed by atoms with Crippen LogP contribution in [0.2, 0.25) is 0 Å². The van der Waals surface area contributed by atoms with E-state index in [-0.39, 0.29) is 0 Å². The first-order valence-corrected chi connectivity index (χ1v) is 23.4. The fraction of sp³-hybridized carbons (Fsp3) is 0.161. The molecule has 9 aromatic carbocycles. The maximum absolute atomic E-state index is 2.48. The molecule has 1 heterocycles. The van der Waals surface area contributed by atoms with E-state index in [0.717, 1.165) is 40.5 Å². The van der Waals surface area contributed by atoms with Crippen molar-refractivity contribution in [3.05, 3.63) is 218 Å². The first-order chi connectivity index (χ1) is 31.7. The fourth-order valence-corrected chi connectivity index (χ4v) is 13.0. The third-order valence-electron chi connectivity index (χ3n) is 15.3. The normalized spacial score (nSPS) is 20.0. The fourth-order valence-electron chi connectivity index (χ4n) is 13.0. The maximum Gasteiger partial charge on any atom is 0.0782 e. The number of rotatable bonds is 8. The van der Waals surface area contributed by atoms with Gasteiger partial charge in [0.15, 0.2) is 0 Å². The summed E-state index contributed by atoms with van der Waals surface area (Å²) >= 11 is 0. The lowest BCUT2D eigenvalue weighted by molar-refractivity contribution is -0.00518. The number of nitrogens with zero attached hydrogens (tertiary/aromatic N) is 2. The van der Waals surface area contributed by atoms with Crippen LogP contribution in [0.4, 0.5) is 17.1 Å². The molecule has 2 heteroatoms. The van der Waals surface area contributed by atoms with Crippen molar-refractivity contribution in [2.24, 2.45) is 17.8 Å². The van der Waals surface area contributed by atoms with Crippen LogP contribution in [0, 0.1) is 17.8 Å². The molecule has 4 saturated carbocycles. The summed E-state index contributed by atoms with van der Waals surface area (Å²) in [5.41, 5.74) is 16.3. The van der Waals surface area contributed by atoms with Gasteiger partial charge in [0.2, 0.25) is 0 Å². The van der Waals surface area contributed by atoms with E-state index in [1.165, 1.54) is 104 Å². The molecule has 0 aliphatic heterocycles. The summed E-state index contributed by atoms with van der Waals surface area (Å²) in [5.74, 6) is 2.84. The monoisotopic (exact) mass is 822 g/mol. The molecule has 0 saturated heterocycles. The molecule has 308 valence electrons. The summed E-state index contributed by atoms with van der Waals surface area (Å²) in [6, 6.07) is 78.9. The lowest BCUT2D eigenvalue weighted by Crippen LogP contribution is -2.48. The zero-order chi connectivity index (χ0) is 42.2. The van der Waals surface area contributed by atoms with E-state index in [1.807, 2.05) is 0 Å². The molecule has 0 radical (unpaired) electrons. The molecule has 4 fully saturated rings. The highest BCUT2D eigenvalue weighted by Gasteiger charge is 2.51. The summed E-state index contributed by atoms with van der Waals surface area (Å²) in [5, 5.41) is 5.00. The van der Waals surface area contributed by atoms with Crippen LogP contribution in [0.3, 0.4) is 0 Å². The van der Waals surface area contributed by atoms with Crippen LogP contribution >= 0.6 is 0 Å². The number of benzene rings is 9. The molecule has 0 unspecified atom stereocenters. The third-order valence-corrected chi connectivity index (χ3v) is 15.3. The number of fused-ring (bicyclic) bond motifs is 4. The van der Waals surface area contributed by atoms with Crippen molar-refractivity contribution in [1.82, 2.24) is 4.57 Å². The van der Waals surface area contributed by atoms with Crippen LogP contribution in [-0.2, 0) is 5.41 Å². The molecule has 0 atom stereocenters. The van der Waals surface area contributed by atoms with Crippen LogP contribution in [0.25, 0.3) is 71.6 Å². The van der Waals surface area contributed by atoms with Crippen LogP contribution in [-0.4, -0.2) is 4.57 Å². The molecular weight excluding hydrogens is 773 g/mol. The number of anilines is 3. The molecular formula is C62H50N2. The van der Waals surface area contributed by atoms with Gasteiger partial charge < -0.3 is 9.47 Å². The summed E-state index contributed by atoms with van der Waals surface area (Å²) in [6.45, 7) is 0. The van der Waals surface area contributed by atoms with Gasteiger partial charge in [0.05, 0.1) is 16.7 Å². The lowest BCUT2D eigenvalue weighted by atomic mass is 9.48. The van der Waals surface area contributed by atoms with E-state index in [4.69, 9.17) is 0 Å². The Kier molecular flexibility index (Phi) is 8.76. The van der Waals surface area contributed by atoms with Crippen molar-refractivity contribution in [3.63, 3.8) is 0 Å². The first kappa shape index (κ1) is 37.4. The molecule has 14 rings (SSSR count). The highest BCUT2D eigenvalue weighted by molar-refractivity contribution is 6.14. The number of para-hydroxylation sites is 3. The Balaban J connectivity index is 0.936. The van der Waals surface area contributed by atoms with E-state index >= 15 is 0 Å². The Morgan fingerprint density at radius 2 is 0.906 bits per heavy atom. The summed E-state index contributed by atoms with van der Waals surface area (Å²) in [6.07, 6.45) is 8.64. The van der Waals surface area contributed by atoms with E-state index in [1.54, 1.807) is 5.56 Å². The van der Waals surface area contributed by atoms with Gasteiger partial charge in [-0.05, 0) is 160 Å². The quantitative estimate of drug-likeness (QED) is 0.148. The average molecular weight is 823 g/mol. The average Bonchev–Trinajstić information content (AvgIpc) is 3.69. The van der Waals surface area contributed by atoms with Gasteiger partial charge in [-0.15, -0.1) is 0 Å². The van der Waals surface area contributed by atoms with Crippen molar-refractivity contribution in [2.45, 2.75) is 43.9 Å². The van der Waals surface area contributed by atoms with Crippen molar-refractivity contribution >= 4 is 49.6 Å². The number of hydrogen-bond acceptors (Lipinski definition) is 1. The molecule has 0 spiro atoms. The van der Waals surface area contributed by atoms with Gasteiger partial charge >= 0.3 is 0 Å². The van der Waals surface area contributed by atoms with Gasteiger partial charge in [0.25, 0.3) is 0 Å². The third kappa shape index (κ3) is 6.14. The molecule has 4 bridgehead atoms. The van der Waals surface area contributed by atoms with Gasteiger partial charge in [-0.1, -0.05) is 164 Å². The highest BCUT2D eigenvalue weighted by atomic mass is 15.2. The Bertz CT molecular complexity index is 3280. The van der Waals surface area contributed by atoms with Gasteiger partial charge in [0, 0.05) is 27.8 Å². The number of aromatic nitrogens is 1. The van der Waals surface area contributed by atoms with Crippen LogP contribution < -0.4 is 4.90 Å². The van der Waals surface area contributed by atoms with Crippen molar-refractivity contribution in [1.29, 1.82) is 0 Å². The van der Waals surface area contributed by atoms with Crippen molar-refractivity contribution in [3.8, 4) is 39.1 Å². The lowest BCUT2D eigenvalue weighted by Gasteiger charge is -2.57. The minimum Gasteiger partial charge on any atom is -0.308 e. The Hall–Kier alpha value is -7.16. The Labute approximate surface area is 376 Å². The van der Waals surface area contributed by atoms with Gasteiger partial charge in [0.1, 0.15) is 0 Å². The minimum atomic E-state index is 0.411. The van der Waals surface area contributed by atoms with Gasteiger partial charge in [-0.25, -0.2) is 0 Å². The van der Waals surface area contributed by atoms with Crippen molar-refractivity contribution in [2.75, 3.05) is 4.90 Å². The molecule has 4 aliphatic rings. The molecule has 0 N–H and O–H groups in total. The van der Waals surface area contributed by atoms with Crippen LogP contribution in [0.1, 0.15) is 44.1 Å². The van der Waals surface area contributed by atoms with E-state index < -0.39 is 0 Å². The van der Waals surface area contributed by atoms with Crippen LogP contribution in [0.15, 0.2) is 212 Å². The molecule has 64 heavy (non-hydrogen) atoms. The summed E-state index contributed by atoms with van der Waals surface area (Å²) in [4.78, 5) is 2.46. The standard InChI is InChI=1S/C62H50N2/c1-3-12-47(13-4-1)54-19-9-14-49-15-10-20-55(60(49)54)48-28-34-53(35-29-48)63(59-23-11-21-57-56-18-7-8-22-58(56)64(61(57)59)51-16-5-2-6-17-51)52-32-26-46(27-33-52)45-24-30-50(31-25-45)62-39-42-36-43(40-62)38-44(37-42)41-62/h1-35,42-44H,36-41H2. The minimum absolute atomic E-state index is 0.411. The van der Waals surface area contributed by atoms with Gasteiger partial charge in [-0.3, -0.25) is 0 Å². The predicted octanol–water partition coefficient (Wildman–Crippen LogP) is 16.9.